The number of benzene rings is 1. The Labute approximate surface area is 130 Å². The molecule has 0 saturated carbocycles. The number of nitrogens with two attached hydrogens (primary N) is 1. The molecule has 0 aliphatic rings. The molecule has 4 heteroatoms. The normalized spacial score (nSPS) is 10.5. The van der Waals surface area contributed by atoms with Crippen molar-refractivity contribution in [2.45, 2.75) is 32.1 Å². The van der Waals surface area contributed by atoms with E-state index < -0.39 is 0 Å². The Hall–Kier alpha value is -1.65. The summed E-state index contributed by atoms with van der Waals surface area (Å²) < 4.78 is 0. The molecule has 21 heavy (non-hydrogen) atoms. The summed E-state index contributed by atoms with van der Waals surface area (Å²) in [6.45, 7) is 0.738. The zero-order chi connectivity index (χ0) is 14.9. The van der Waals surface area contributed by atoms with Crippen molar-refractivity contribution >= 4 is 22.9 Å². The number of carbonyl (C=O) groups is 1. The summed E-state index contributed by atoms with van der Waals surface area (Å²) in [6, 6.07) is 12.1. The van der Waals surface area contributed by atoms with E-state index in [1.54, 1.807) is 11.3 Å². The third-order valence-corrected chi connectivity index (χ3v) is 4.23. The van der Waals surface area contributed by atoms with E-state index in [0.29, 0.717) is 6.42 Å². The van der Waals surface area contributed by atoms with Crippen LogP contribution in [0.25, 0.3) is 10.4 Å². The van der Waals surface area contributed by atoms with Gasteiger partial charge in [-0.15, -0.1) is 11.3 Å². The van der Waals surface area contributed by atoms with Crippen molar-refractivity contribution in [3.05, 3.63) is 41.8 Å². The fourth-order valence-electron chi connectivity index (χ4n) is 2.20. The highest BCUT2D eigenvalue weighted by molar-refractivity contribution is 7.13. The molecule has 0 bridgehead atoms. The lowest BCUT2D eigenvalue weighted by atomic mass is 10.1. The standard InChI is InChI=1S/C17H22N2OS/c18-11-4-2-1-3-10-17(20)19-15-8-5-7-14(13-15)16-9-6-12-21-16/h5-9,12-13H,1-4,10-11,18H2,(H,19,20). The quantitative estimate of drug-likeness (QED) is 0.716. The van der Waals surface area contributed by atoms with Gasteiger partial charge in [-0.05, 0) is 48.5 Å². The van der Waals surface area contributed by atoms with Crippen LogP contribution in [0, 0.1) is 0 Å². The van der Waals surface area contributed by atoms with E-state index in [2.05, 4.69) is 22.8 Å². The molecule has 1 heterocycles. The molecule has 112 valence electrons. The van der Waals surface area contributed by atoms with Gasteiger partial charge in [-0.1, -0.05) is 31.0 Å². The lowest BCUT2D eigenvalue weighted by molar-refractivity contribution is -0.116. The van der Waals surface area contributed by atoms with Crippen molar-refractivity contribution in [3.63, 3.8) is 0 Å². The van der Waals surface area contributed by atoms with E-state index >= 15 is 0 Å². The zero-order valence-corrected chi connectivity index (χ0v) is 13.0. The molecule has 3 N–H and O–H groups in total. The monoisotopic (exact) mass is 302 g/mol. The van der Waals surface area contributed by atoms with Crippen molar-refractivity contribution < 1.29 is 4.79 Å². The van der Waals surface area contributed by atoms with Gasteiger partial charge in [-0.25, -0.2) is 0 Å². The number of thiophene rings is 1. The van der Waals surface area contributed by atoms with Gasteiger partial charge in [0.1, 0.15) is 0 Å². The van der Waals surface area contributed by atoms with Crippen LogP contribution in [0.2, 0.25) is 0 Å². The SMILES string of the molecule is NCCCCCCC(=O)Nc1cccc(-c2cccs2)c1. The molecule has 0 fully saturated rings. The van der Waals surface area contributed by atoms with Crippen LogP contribution in [0.1, 0.15) is 32.1 Å². The Balaban J connectivity index is 1.82. The van der Waals surface area contributed by atoms with Gasteiger partial charge < -0.3 is 11.1 Å². The van der Waals surface area contributed by atoms with Crippen molar-refractivity contribution in [1.82, 2.24) is 0 Å². The van der Waals surface area contributed by atoms with Crippen LogP contribution in [-0.4, -0.2) is 12.5 Å². The highest BCUT2D eigenvalue weighted by atomic mass is 32.1. The van der Waals surface area contributed by atoms with E-state index in [1.807, 2.05) is 24.3 Å². The molecule has 1 aromatic carbocycles. The van der Waals surface area contributed by atoms with Crippen molar-refractivity contribution in [2.24, 2.45) is 5.73 Å². The summed E-state index contributed by atoms with van der Waals surface area (Å²) >= 11 is 1.70. The van der Waals surface area contributed by atoms with Crippen LogP contribution in [0.4, 0.5) is 5.69 Å². The first kappa shape index (κ1) is 15.7. The topological polar surface area (TPSA) is 55.1 Å². The van der Waals surface area contributed by atoms with Gasteiger partial charge in [0.05, 0.1) is 0 Å². The second-order valence-electron chi connectivity index (χ2n) is 5.06. The largest absolute Gasteiger partial charge is 0.330 e. The third-order valence-electron chi connectivity index (χ3n) is 3.31. The first-order valence-corrected chi connectivity index (χ1v) is 8.31. The summed E-state index contributed by atoms with van der Waals surface area (Å²) in [5, 5.41) is 5.03. The molecular formula is C17H22N2OS. The smallest absolute Gasteiger partial charge is 0.224 e. The van der Waals surface area contributed by atoms with Gasteiger partial charge in [-0.2, -0.15) is 0 Å². The van der Waals surface area contributed by atoms with E-state index in [0.717, 1.165) is 43.5 Å². The number of anilines is 1. The fourth-order valence-corrected chi connectivity index (χ4v) is 2.92. The van der Waals surface area contributed by atoms with Crippen LogP contribution in [0.15, 0.2) is 41.8 Å². The first-order valence-electron chi connectivity index (χ1n) is 7.43. The molecule has 0 spiro atoms. The van der Waals surface area contributed by atoms with Crippen LogP contribution in [0.5, 0.6) is 0 Å². The summed E-state index contributed by atoms with van der Waals surface area (Å²) in [5.41, 5.74) is 7.46. The average molecular weight is 302 g/mol. The van der Waals surface area contributed by atoms with Crippen molar-refractivity contribution in [3.8, 4) is 10.4 Å². The molecule has 0 radical (unpaired) electrons. The van der Waals surface area contributed by atoms with Gasteiger partial charge in [0.15, 0.2) is 0 Å². The second kappa shape index (κ2) is 8.60. The highest BCUT2D eigenvalue weighted by Gasteiger charge is 2.04. The summed E-state index contributed by atoms with van der Waals surface area (Å²) in [7, 11) is 0. The van der Waals surface area contributed by atoms with Crippen LogP contribution >= 0.6 is 11.3 Å². The van der Waals surface area contributed by atoms with Gasteiger partial charge >= 0.3 is 0 Å². The second-order valence-corrected chi connectivity index (χ2v) is 6.01. The number of carbonyl (C=O) groups excluding carboxylic acids is 1. The molecule has 1 aromatic heterocycles. The van der Waals surface area contributed by atoms with Gasteiger partial charge in [0, 0.05) is 17.0 Å². The lowest BCUT2D eigenvalue weighted by Crippen LogP contribution is -2.11. The zero-order valence-electron chi connectivity index (χ0n) is 12.2. The van der Waals surface area contributed by atoms with Gasteiger partial charge in [0.25, 0.3) is 0 Å². The molecule has 3 nitrogen and oxygen atoms in total. The van der Waals surface area contributed by atoms with Gasteiger partial charge in [-0.3, -0.25) is 4.79 Å². The molecule has 2 aromatic rings. The van der Waals surface area contributed by atoms with Crippen molar-refractivity contribution in [2.75, 3.05) is 11.9 Å². The van der Waals surface area contributed by atoms with Crippen LogP contribution in [0.3, 0.4) is 0 Å². The maximum absolute atomic E-state index is 11.9. The average Bonchev–Trinajstić information content (AvgIpc) is 3.01. The molecule has 0 unspecified atom stereocenters. The highest BCUT2D eigenvalue weighted by Crippen LogP contribution is 2.26. The summed E-state index contributed by atoms with van der Waals surface area (Å²) in [5.74, 6) is 0.0890. The fraction of sp³-hybridized carbons (Fsp3) is 0.353. The van der Waals surface area contributed by atoms with Crippen LogP contribution < -0.4 is 11.1 Å². The van der Waals surface area contributed by atoms with E-state index in [-0.39, 0.29) is 5.91 Å². The number of nitrogens with one attached hydrogen (secondary N) is 1. The molecule has 1 amide bonds. The predicted molar refractivity (Wildman–Crippen MR) is 90.5 cm³/mol. The minimum absolute atomic E-state index is 0.0890. The first-order chi connectivity index (χ1) is 10.3. The predicted octanol–water partition coefficient (Wildman–Crippen LogP) is 4.26. The summed E-state index contributed by atoms with van der Waals surface area (Å²) in [4.78, 5) is 13.1. The number of amides is 1. The maximum Gasteiger partial charge on any atom is 0.224 e. The molecule has 2 rings (SSSR count). The minimum Gasteiger partial charge on any atom is -0.330 e. The number of hydrogen-bond donors (Lipinski definition) is 2. The Morgan fingerprint density at radius 2 is 1.95 bits per heavy atom. The third kappa shape index (κ3) is 5.33. The molecule has 0 atom stereocenters. The molecule has 0 aliphatic heterocycles. The summed E-state index contributed by atoms with van der Waals surface area (Å²) in [6.07, 6.45) is 4.73. The molecular weight excluding hydrogens is 280 g/mol. The number of hydrogen-bond acceptors (Lipinski definition) is 3. The Morgan fingerprint density at radius 1 is 1.10 bits per heavy atom. The van der Waals surface area contributed by atoms with E-state index in [1.165, 1.54) is 4.88 Å². The number of unbranched alkanes of at least 4 members (excludes halogenated alkanes) is 3. The van der Waals surface area contributed by atoms with Crippen LogP contribution in [-0.2, 0) is 4.79 Å². The maximum atomic E-state index is 11.9. The molecule has 0 aliphatic carbocycles. The van der Waals surface area contributed by atoms with E-state index in [9.17, 15) is 4.79 Å². The lowest BCUT2D eigenvalue weighted by Gasteiger charge is -2.07. The number of rotatable bonds is 8. The van der Waals surface area contributed by atoms with E-state index in [4.69, 9.17) is 5.73 Å². The Bertz CT molecular complexity index is 552. The molecule has 0 saturated heterocycles. The van der Waals surface area contributed by atoms with Crippen molar-refractivity contribution in [1.29, 1.82) is 0 Å². The Kier molecular flexibility index (Phi) is 6.44. The Morgan fingerprint density at radius 3 is 2.71 bits per heavy atom. The minimum atomic E-state index is 0.0890. The van der Waals surface area contributed by atoms with Gasteiger partial charge in [0.2, 0.25) is 5.91 Å².